The maximum atomic E-state index is 14.1. The Bertz CT molecular complexity index is 876. The molecule has 1 spiro atoms. The Morgan fingerprint density at radius 2 is 1.82 bits per heavy atom. The van der Waals surface area contributed by atoms with Crippen molar-refractivity contribution in [2.24, 2.45) is 11.8 Å². The van der Waals surface area contributed by atoms with Crippen molar-refractivity contribution in [2.45, 2.75) is 68.0 Å². The number of unbranched alkanes of at least 4 members (excludes halogenated alkanes) is 1. The molecule has 4 aliphatic heterocycles. The number of nitrogens with zero attached hydrogens (tertiary/aromatic N) is 3. The van der Waals surface area contributed by atoms with Gasteiger partial charge in [-0.1, -0.05) is 37.6 Å². The van der Waals surface area contributed by atoms with Gasteiger partial charge in [0.15, 0.2) is 0 Å². The van der Waals surface area contributed by atoms with Crippen molar-refractivity contribution in [1.29, 1.82) is 0 Å². The number of aliphatic hydroxyl groups excluding tert-OH is 1. The van der Waals surface area contributed by atoms with Gasteiger partial charge in [-0.15, -0.1) is 11.8 Å². The van der Waals surface area contributed by atoms with Crippen LogP contribution in [0.25, 0.3) is 0 Å². The van der Waals surface area contributed by atoms with E-state index in [0.29, 0.717) is 32.5 Å². The molecule has 2 fully saturated rings. The summed E-state index contributed by atoms with van der Waals surface area (Å²) in [6, 6.07) is -0.553. The Morgan fingerprint density at radius 3 is 2.52 bits per heavy atom. The van der Waals surface area contributed by atoms with Crippen molar-refractivity contribution in [3.05, 3.63) is 24.3 Å². The topological polar surface area (TPSA) is 81.2 Å². The van der Waals surface area contributed by atoms with E-state index in [1.807, 2.05) is 24.0 Å². The SMILES string of the molecule is CCCC(C)N1CC=C[C@]23S[C@]4(C)C=CCN(C)C(=O)[C@@H]4[C@H]2C(=O)N(CCCCO)C3C1=O. The summed E-state index contributed by atoms with van der Waals surface area (Å²) in [6.07, 6.45) is 11.3. The predicted octanol–water partition coefficient (Wildman–Crippen LogP) is 2.06. The number of thioether (sulfide) groups is 1. The maximum absolute atomic E-state index is 14.1. The predicted molar refractivity (Wildman–Crippen MR) is 130 cm³/mol. The van der Waals surface area contributed by atoms with Crippen LogP contribution >= 0.6 is 11.8 Å². The van der Waals surface area contributed by atoms with E-state index < -0.39 is 27.4 Å². The molecule has 33 heavy (non-hydrogen) atoms. The first-order valence-corrected chi connectivity index (χ1v) is 13.1. The number of carbonyl (C=O) groups is 3. The zero-order valence-corrected chi connectivity index (χ0v) is 21.0. The van der Waals surface area contributed by atoms with Gasteiger partial charge < -0.3 is 19.8 Å². The summed E-state index contributed by atoms with van der Waals surface area (Å²) in [6.45, 7) is 7.76. The summed E-state index contributed by atoms with van der Waals surface area (Å²) >= 11 is 1.63. The Balaban J connectivity index is 1.81. The molecule has 2 unspecified atom stereocenters. The highest BCUT2D eigenvalue weighted by atomic mass is 32.2. The standard InChI is InChI=1S/C25H37N3O4S/c1-5-10-17(2)27-15-9-12-25-19(18-21(30)26(4)13-8-11-24(18,3)33-25)22(31)28(14-6-7-16-29)20(25)23(27)32/h8-9,11-12,17-20,29H,5-7,10,13-16H2,1-4H3/t17?,18-,19-,20?,24+,25-/m0/s1. The molecule has 0 aromatic rings. The first kappa shape index (κ1) is 24.3. The summed E-state index contributed by atoms with van der Waals surface area (Å²) in [5.74, 6) is -1.23. The molecule has 2 saturated heterocycles. The van der Waals surface area contributed by atoms with Crippen LogP contribution in [0.4, 0.5) is 0 Å². The summed E-state index contributed by atoms with van der Waals surface area (Å²) < 4.78 is -1.32. The molecule has 4 rings (SSSR count). The highest BCUT2D eigenvalue weighted by molar-refractivity contribution is 8.02. The van der Waals surface area contributed by atoms with Crippen molar-refractivity contribution in [3.63, 3.8) is 0 Å². The third-order valence-corrected chi connectivity index (χ3v) is 9.63. The van der Waals surface area contributed by atoms with Crippen molar-refractivity contribution < 1.29 is 19.5 Å². The lowest BCUT2D eigenvalue weighted by atomic mass is 9.74. The Labute approximate surface area is 201 Å². The molecule has 0 aromatic carbocycles. The lowest BCUT2D eigenvalue weighted by molar-refractivity contribution is -0.145. The number of hydrogen-bond acceptors (Lipinski definition) is 5. The molecule has 8 heteroatoms. The van der Waals surface area contributed by atoms with Gasteiger partial charge in [-0.05, 0) is 33.1 Å². The lowest BCUT2D eigenvalue weighted by Crippen LogP contribution is -2.55. The first-order valence-electron chi connectivity index (χ1n) is 12.2. The molecule has 1 N–H and O–H groups in total. The minimum absolute atomic E-state index is 0.0156. The van der Waals surface area contributed by atoms with Gasteiger partial charge in [0.1, 0.15) is 6.04 Å². The largest absolute Gasteiger partial charge is 0.396 e. The smallest absolute Gasteiger partial charge is 0.247 e. The van der Waals surface area contributed by atoms with E-state index in [9.17, 15) is 19.5 Å². The van der Waals surface area contributed by atoms with Gasteiger partial charge in [0, 0.05) is 44.1 Å². The second-order valence-electron chi connectivity index (χ2n) is 10.1. The molecule has 182 valence electrons. The minimum atomic E-state index is -0.772. The molecule has 6 atom stereocenters. The van der Waals surface area contributed by atoms with Crippen LogP contribution in [0.2, 0.25) is 0 Å². The van der Waals surface area contributed by atoms with Crippen LogP contribution in [0, 0.1) is 11.8 Å². The molecule has 4 aliphatic rings. The molecule has 4 heterocycles. The third-order valence-electron chi connectivity index (χ3n) is 7.84. The van der Waals surface area contributed by atoms with Gasteiger partial charge in [-0.2, -0.15) is 0 Å². The van der Waals surface area contributed by atoms with Gasteiger partial charge in [0.25, 0.3) is 0 Å². The fraction of sp³-hybridized carbons (Fsp3) is 0.720. The number of carbonyl (C=O) groups excluding carboxylic acids is 3. The number of rotatable bonds is 7. The number of hydrogen-bond donors (Lipinski definition) is 1. The van der Waals surface area contributed by atoms with E-state index in [0.717, 1.165) is 12.8 Å². The molecule has 0 saturated carbocycles. The number of aliphatic hydroxyl groups is 1. The molecule has 3 amide bonds. The number of amides is 3. The molecular weight excluding hydrogens is 438 g/mol. The van der Waals surface area contributed by atoms with Crippen LogP contribution in [0.15, 0.2) is 24.3 Å². The van der Waals surface area contributed by atoms with Gasteiger partial charge >= 0.3 is 0 Å². The van der Waals surface area contributed by atoms with Crippen molar-refractivity contribution in [2.75, 3.05) is 33.3 Å². The summed E-state index contributed by atoms with van der Waals surface area (Å²) in [4.78, 5) is 47.0. The monoisotopic (exact) mass is 475 g/mol. The van der Waals surface area contributed by atoms with Gasteiger partial charge in [-0.25, -0.2) is 0 Å². The van der Waals surface area contributed by atoms with E-state index in [1.165, 1.54) is 0 Å². The summed E-state index contributed by atoms with van der Waals surface area (Å²) in [7, 11) is 1.78. The van der Waals surface area contributed by atoms with Gasteiger partial charge in [-0.3, -0.25) is 14.4 Å². The molecule has 7 nitrogen and oxygen atoms in total. The van der Waals surface area contributed by atoms with Crippen LogP contribution in [-0.2, 0) is 14.4 Å². The van der Waals surface area contributed by atoms with E-state index in [2.05, 4.69) is 26.0 Å². The molecule has 0 aromatic heterocycles. The Hall–Kier alpha value is -1.80. The minimum Gasteiger partial charge on any atom is -0.396 e. The first-order chi connectivity index (χ1) is 15.7. The van der Waals surface area contributed by atoms with E-state index in [-0.39, 0.29) is 30.4 Å². The summed E-state index contributed by atoms with van der Waals surface area (Å²) in [5.41, 5.74) is 0. The van der Waals surface area contributed by atoms with E-state index in [4.69, 9.17) is 0 Å². The highest BCUT2D eigenvalue weighted by Gasteiger charge is 2.73. The zero-order valence-electron chi connectivity index (χ0n) is 20.2. The number of fused-ring (bicyclic) bond motifs is 2. The lowest BCUT2D eigenvalue weighted by Gasteiger charge is -2.38. The fourth-order valence-electron chi connectivity index (χ4n) is 6.26. The van der Waals surface area contributed by atoms with Crippen molar-refractivity contribution in [1.82, 2.24) is 14.7 Å². The quantitative estimate of drug-likeness (QED) is 0.450. The van der Waals surface area contributed by atoms with Crippen LogP contribution < -0.4 is 0 Å². The molecule has 0 aliphatic carbocycles. The average Bonchev–Trinajstić information content (AvgIpc) is 3.03. The molecule has 0 radical (unpaired) electrons. The van der Waals surface area contributed by atoms with E-state index >= 15 is 0 Å². The van der Waals surface area contributed by atoms with Crippen molar-refractivity contribution >= 4 is 29.5 Å². The number of likely N-dealkylation sites (tertiary alicyclic amines) is 1. The molecule has 0 bridgehead atoms. The van der Waals surface area contributed by atoms with Crippen molar-refractivity contribution in [3.8, 4) is 0 Å². The van der Waals surface area contributed by atoms with Crippen LogP contribution in [0.1, 0.15) is 46.5 Å². The second kappa shape index (κ2) is 9.10. The van der Waals surface area contributed by atoms with Crippen LogP contribution in [-0.4, -0.2) is 92.4 Å². The van der Waals surface area contributed by atoms with Gasteiger partial charge in [0.05, 0.1) is 16.6 Å². The zero-order chi connectivity index (χ0) is 24.0. The van der Waals surface area contributed by atoms with Crippen LogP contribution in [0.3, 0.4) is 0 Å². The van der Waals surface area contributed by atoms with Crippen LogP contribution in [0.5, 0.6) is 0 Å². The average molecular weight is 476 g/mol. The Morgan fingerprint density at radius 1 is 1.09 bits per heavy atom. The van der Waals surface area contributed by atoms with Gasteiger partial charge in [0.2, 0.25) is 17.7 Å². The maximum Gasteiger partial charge on any atom is 0.247 e. The highest BCUT2D eigenvalue weighted by Crippen LogP contribution is 2.65. The normalized spacial score (nSPS) is 36.6. The fourth-order valence-corrected chi connectivity index (χ4v) is 8.42. The second-order valence-corrected chi connectivity index (χ2v) is 11.9. The van der Waals surface area contributed by atoms with E-state index in [1.54, 1.807) is 28.6 Å². The Kier molecular flexibility index (Phi) is 6.71. The molecular formula is C25H37N3O4S. The third kappa shape index (κ3) is 3.73. The number of likely N-dealkylation sites (N-methyl/N-ethyl adjacent to an activating group) is 1. The summed E-state index contributed by atoms with van der Waals surface area (Å²) in [5, 5.41) is 9.30.